The van der Waals surface area contributed by atoms with Crippen LogP contribution in [0.3, 0.4) is 0 Å². The third-order valence-electron chi connectivity index (χ3n) is 4.57. The molecular weight excluding hydrogens is 380 g/mol. The average Bonchev–Trinajstić information content (AvgIpc) is 3.00. The number of fused-ring (bicyclic) bond motifs is 1. The van der Waals surface area contributed by atoms with Crippen molar-refractivity contribution < 1.29 is 22.7 Å². The Hall–Kier alpha value is -2.74. The van der Waals surface area contributed by atoms with Crippen LogP contribution in [0.25, 0.3) is 0 Å². The zero-order chi connectivity index (χ0) is 20.3. The Kier molecular flexibility index (Phi) is 5.79. The molecule has 0 saturated carbocycles. The lowest BCUT2D eigenvalue weighted by Gasteiger charge is -2.21. The summed E-state index contributed by atoms with van der Waals surface area (Å²) in [5.74, 6) is 1.23. The number of hydrogen-bond donors (Lipinski definition) is 1. The fraction of sp³-hybridized carbons (Fsp3) is 0.350. The lowest BCUT2D eigenvalue weighted by molar-refractivity contribution is 0.0947. The van der Waals surface area contributed by atoms with Crippen LogP contribution in [0.15, 0.2) is 42.5 Å². The van der Waals surface area contributed by atoms with Gasteiger partial charge in [-0.25, -0.2) is 8.42 Å². The van der Waals surface area contributed by atoms with Gasteiger partial charge in [0.15, 0.2) is 0 Å². The van der Waals surface area contributed by atoms with Gasteiger partial charge < -0.3 is 14.8 Å². The van der Waals surface area contributed by atoms with Crippen LogP contribution in [0, 0.1) is 0 Å². The lowest BCUT2D eigenvalue weighted by Crippen LogP contribution is -2.34. The van der Waals surface area contributed by atoms with Gasteiger partial charge in [-0.3, -0.25) is 9.10 Å². The number of nitrogens with zero attached hydrogens (tertiary/aromatic N) is 1. The van der Waals surface area contributed by atoms with Gasteiger partial charge in [0.05, 0.1) is 25.6 Å². The van der Waals surface area contributed by atoms with Crippen molar-refractivity contribution >= 4 is 21.6 Å². The van der Waals surface area contributed by atoms with Gasteiger partial charge in [-0.2, -0.15) is 0 Å². The first-order valence-corrected chi connectivity index (χ1v) is 10.8. The number of rotatable bonds is 7. The number of hydrogen-bond acceptors (Lipinski definition) is 5. The molecular formula is C20H24N2O5S. The summed E-state index contributed by atoms with van der Waals surface area (Å²) in [6.45, 7) is 2.55. The lowest BCUT2D eigenvalue weighted by atomic mass is 10.1. The predicted octanol–water partition coefficient (Wildman–Crippen LogP) is 2.21. The quantitative estimate of drug-likeness (QED) is 0.716. The minimum absolute atomic E-state index is 0.152. The molecule has 2 aromatic carbocycles. The molecule has 0 saturated heterocycles. The van der Waals surface area contributed by atoms with Crippen molar-refractivity contribution in [2.45, 2.75) is 19.4 Å². The molecule has 0 radical (unpaired) electrons. The van der Waals surface area contributed by atoms with Gasteiger partial charge >= 0.3 is 0 Å². The van der Waals surface area contributed by atoms with Crippen LogP contribution in [0.2, 0.25) is 0 Å². The van der Waals surface area contributed by atoms with E-state index in [1.807, 2.05) is 6.92 Å². The predicted molar refractivity (Wildman–Crippen MR) is 108 cm³/mol. The maximum Gasteiger partial charge on any atom is 0.251 e. The molecule has 1 amide bonds. The number of amides is 1. The highest BCUT2D eigenvalue weighted by atomic mass is 32.2. The van der Waals surface area contributed by atoms with E-state index < -0.39 is 10.0 Å². The number of ether oxygens (including phenoxy) is 2. The molecule has 1 heterocycles. The van der Waals surface area contributed by atoms with E-state index in [4.69, 9.17) is 9.47 Å². The van der Waals surface area contributed by atoms with Crippen LogP contribution in [-0.4, -0.2) is 46.9 Å². The Bertz CT molecular complexity index is 957. The molecule has 0 bridgehead atoms. The van der Waals surface area contributed by atoms with Gasteiger partial charge in [0.25, 0.3) is 5.91 Å². The number of carbonyl (C=O) groups is 1. The van der Waals surface area contributed by atoms with Gasteiger partial charge in [-0.15, -0.1) is 0 Å². The molecule has 0 fully saturated rings. The summed E-state index contributed by atoms with van der Waals surface area (Å²) in [4.78, 5) is 12.4. The Labute approximate surface area is 165 Å². The van der Waals surface area contributed by atoms with E-state index in [0.29, 0.717) is 36.6 Å². The van der Waals surface area contributed by atoms with Crippen LogP contribution >= 0.6 is 0 Å². The molecule has 2 aromatic rings. The SMILES string of the molecule is COc1ccc(OCCNC(=O)c2ccc3c(c2)C[C@@H](C)N3S(C)(=O)=O)cc1. The number of benzene rings is 2. The highest BCUT2D eigenvalue weighted by Gasteiger charge is 2.32. The Balaban J connectivity index is 1.56. The van der Waals surface area contributed by atoms with Crippen molar-refractivity contribution in [2.24, 2.45) is 0 Å². The monoisotopic (exact) mass is 404 g/mol. The summed E-state index contributed by atoms with van der Waals surface area (Å²) in [5.41, 5.74) is 2.01. The van der Waals surface area contributed by atoms with Crippen molar-refractivity contribution in [3.05, 3.63) is 53.6 Å². The van der Waals surface area contributed by atoms with Crippen molar-refractivity contribution in [2.75, 3.05) is 30.8 Å². The maximum absolute atomic E-state index is 12.4. The number of methoxy groups -OCH3 is 1. The van der Waals surface area contributed by atoms with E-state index >= 15 is 0 Å². The molecule has 1 atom stereocenters. The van der Waals surface area contributed by atoms with E-state index in [1.165, 1.54) is 10.6 Å². The molecule has 8 heteroatoms. The van der Waals surface area contributed by atoms with Gasteiger partial charge in [-0.05, 0) is 61.4 Å². The molecule has 0 unspecified atom stereocenters. The van der Waals surface area contributed by atoms with Crippen LogP contribution in [0.5, 0.6) is 11.5 Å². The number of anilines is 1. The van der Waals surface area contributed by atoms with Gasteiger partial charge in [0.2, 0.25) is 10.0 Å². The first-order valence-electron chi connectivity index (χ1n) is 8.97. The normalized spacial score (nSPS) is 15.8. The van der Waals surface area contributed by atoms with Crippen LogP contribution in [0.4, 0.5) is 5.69 Å². The summed E-state index contributed by atoms with van der Waals surface area (Å²) in [6, 6.07) is 12.2. The summed E-state index contributed by atoms with van der Waals surface area (Å²) < 4.78 is 36.0. The molecule has 0 spiro atoms. The van der Waals surface area contributed by atoms with E-state index in [-0.39, 0.29) is 11.9 Å². The number of nitrogens with one attached hydrogen (secondary N) is 1. The van der Waals surface area contributed by atoms with Gasteiger partial charge in [-0.1, -0.05) is 0 Å². The molecule has 1 aliphatic rings. The number of carbonyl (C=O) groups excluding carboxylic acids is 1. The Morgan fingerprint density at radius 3 is 2.50 bits per heavy atom. The van der Waals surface area contributed by atoms with E-state index in [1.54, 1.807) is 49.6 Å². The standard InChI is InChI=1S/C20H24N2O5S/c1-14-12-16-13-15(4-9-19(16)22(14)28(3,24)25)20(23)21-10-11-27-18-7-5-17(26-2)6-8-18/h4-9,13-14H,10-12H2,1-3H3,(H,21,23)/t14-/m1/s1. The highest BCUT2D eigenvalue weighted by molar-refractivity contribution is 7.92. The number of sulfonamides is 1. The van der Waals surface area contributed by atoms with E-state index in [9.17, 15) is 13.2 Å². The first kappa shape index (κ1) is 20.0. The largest absolute Gasteiger partial charge is 0.497 e. The fourth-order valence-electron chi connectivity index (χ4n) is 3.36. The molecule has 3 rings (SSSR count). The molecule has 0 aliphatic carbocycles. The summed E-state index contributed by atoms with van der Waals surface area (Å²) >= 11 is 0. The second-order valence-electron chi connectivity index (χ2n) is 6.74. The highest BCUT2D eigenvalue weighted by Crippen LogP contribution is 2.34. The van der Waals surface area contributed by atoms with E-state index in [0.717, 1.165) is 11.3 Å². The van der Waals surface area contributed by atoms with Crippen molar-refractivity contribution in [1.82, 2.24) is 5.32 Å². The minimum atomic E-state index is -3.34. The van der Waals surface area contributed by atoms with Gasteiger partial charge in [0, 0.05) is 11.6 Å². The smallest absolute Gasteiger partial charge is 0.251 e. The van der Waals surface area contributed by atoms with Crippen molar-refractivity contribution in [3.63, 3.8) is 0 Å². The Morgan fingerprint density at radius 2 is 1.86 bits per heavy atom. The average molecular weight is 404 g/mol. The topological polar surface area (TPSA) is 84.9 Å². The fourth-order valence-corrected chi connectivity index (χ4v) is 4.62. The maximum atomic E-state index is 12.4. The molecule has 1 aliphatic heterocycles. The molecule has 150 valence electrons. The van der Waals surface area contributed by atoms with Crippen LogP contribution in [-0.2, 0) is 16.4 Å². The van der Waals surface area contributed by atoms with Crippen LogP contribution < -0.4 is 19.1 Å². The second kappa shape index (κ2) is 8.10. The van der Waals surface area contributed by atoms with Crippen molar-refractivity contribution in [3.8, 4) is 11.5 Å². The second-order valence-corrected chi connectivity index (χ2v) is 8.59. The summed E-state index contributed by atoms with van der Waals surface area (Å²) in [7, 11) is -1.74. The van der Waals surface area contributed by atoms with Crippen molar-refractivity contribution in [1.29, 1.82) is 0 Å². The molecule has 28 heavy (non-hydrogen) atoms. The molecule has 0 aromatic heterocycles. The zero-order valence-electron chi connectivity index (χ0n) is 16.1. The molecule has 1 N–H and O–H groups in total. The minimum Gasteiger partial charge on any atom is -0.497 e. The zero-order valence-corrected chi connectivity index (χ0v) is 17.0. The first-order chi connectivity index (χ1) is 13.3. The van der Waals surface area contributed by atoms with Crippen LogP contribution in [0.1, 0.15) is 22.8 Å². The van der Waals surface area contributed by atoms with Gasteiger partial charge in [0.1, 0.15) is 18.1 Å². The summed E-state index contributed by atoms with van der Waals surface area (Å²) in [6.07, 6.45) is 1.78. The Morgan fingerprint density at radius 1 is 1.18 bits per heavy atom. The van der Waals surface area contributed by atoms with E-state index in [2.05, 4.69) is 5.32 Å². The molecule has 7 nitrogen and oxygen atoms in total. The summed E-state index contributed by atoms with van der Waals surface area (Å²) in [5, 5.41) is 2.82. The third kappa shape index (κ3) is 4.39. The third-order valence-corrected chi connectivity index (χ3v) is 5.84.